The number of para-hydroxylation sites is 1. The molecular weight excluding hydrogens is 603 g/mol. The SMILES string of the molecule is c1ccc(-c2nc(-c3ccccc3)nc(-c3ccc(-c4cc(-c5cccc6cccnc56)c5nc(-c6ccccc6)oc5c4)cc3)n2)cc1. The second kappa shape index (κ2) is 12.1. The number of fused-ring (bicyclic) bond motifs is 2. The Bertz CT molecular complexity index is 2520. The first-order chi connectivity index (χ1) is 24.3. The minimum absolute atomic E-state index is 0.579. The second-order valence-electron chi connectivity index (χ2n) is 11.8. The number of pyridine rings is 1. The maximum atomic E-state index is 6.44. The average Bonchev–Trinajstić information content (AvgIpc) is 3.63. The van der Waals surface area contributed by atoms with Crippen LogP contribution in [0.2, 0.25) is 0 Å². The molecule has 0 bridgehead atoms. The van der Waals surface area contributed by atoms with Gasteiger partial charge in [-0.05, 0) is 41.5 Å². The van der Waals surface area contributed by atoms with Crippen molar-refractivity contribution >= 4 is 22.0 Å². The summed E-state index contributed by atoms with van der Waals surface area (Å²) in [5.41, 5.74) is 10.1. The zero-order chi connectivity index (χ0) is 32.6. The van der Waals surface area contributed by atoms with Crippen LogP contribution in [0.3, 0.4) is 0 Å². The van der Waals surface area contributed by atoms with Gasteiger partial charge in [-0.3, -0.25) is 4.98 Å². The molecule has 9 aromatic rings. The van der Waals surface area contributed by atoms with Crippen LogP contribution >= 0.6 is 0 Å². The first-order valence-corrected chi connectivity index (χ1v) is 16.1. The Kier molecular flexibility index (Phi) is 7.02. The third kappa shape index (κ3) is 5.41. The largest absolute Gasteiger partial charge is 0.436 e. The van der Waals surface area contributed by atoms with E-state index in [-0.39, 0.29) is 0 Å². The molecule has 0 saturated carbocycles. The molecule has 0 aliphatic heterocycles. The van der Waals surface area contributed by atoms with Crippen molar-refractivity contribution in [3.63, 3.8) is 0 Å². The van der Waals surface area contributed by atoms with Gasteiger partial charge in [0.25, 0.3) is 0 Å². The third-order valence-electron chi connectivity index (χ3n) is 8.61. The quantitative estimate of drug-likeness (QED) is 0.182. The van der Waals surface area contributed by atoms with Crippen molar-refractivity contribution in [3.05, 3.63) is 164 Å². The van der Waals surface area contributed by atoms with Gasteiger partial charge in [0.1, 0.15) is 5.52 Å². The first kappa shape index (κ1) is 28.4. The van der Waals surface area contributed by atoms with E-state index in [1.165, 1.54) is 0 Å². The van der Waals surface area contributed by atoms with Crippen LogP contribution in [-0.4, -0.2) is 24.9 Å². The highest BCUT2D eigenvalue weighted by molar-refractivity contribution is 6.03. The molecule has 0 saturated heterocycles. The van der Waals surface area contributed by atoms with Crippen molar-refractivity contribution in [2.75, 3.05) is 0 Å². The fraction of sp³-hybridized carbons (Fsp3) is 0. The zero-order valence-electron chi connectivity index (χ0n) is 26.2. The van der Waals surface area contributed by atoms with E-state index in [1.54, 1.807) is 0 Å². The van der Waals surface area contributed by atoms with Gasteiger partial charge in [-0.25, -0.2) is 19.9 Å². The Labute approximate surface area is 282 Å². The molecule has 0 spiro atoms. The van der Waals surface area contributed by atoms with Gasteiger partial charge >= 0.3 is 0 Å². The zero-order valence-corrected chi connectivity index (χ0v) is 26.2. The van der Waals surface area contributed by atoms with E-state index >= 15 is 0 Å². The van der Waals surface area contributed by atoms with E-state index < -0.39 is 0 Å². The Morgan fingerprint density at radius 2 is 0.918 bits per heavy atom. The first-order valence-electron chi connectivity index (χ1n) is 16.1. The molecule has 6 aromatic carbocycles. The Morgan fingerprint density at radius 3 is 1.55 bits per heavy atom. The van der Waals surface area contributed by atoms with Gasteiger partial charge in [-0.1, -0.05) is 127 Å². The van der Waals surface area contributed by atoms with Gasteiger partial charge < -0.3 is 4.42 Å². The average molecular weight is 630 g/mol. The highest BCUT2D eigenvalue weighted by Crippen LogP contribution is 2.39. The molecule has 0 radical (unpaired) electrons. The van der Waals surface area contributed by atoms with Crippen LogP contribution in [0.1, 0.15) is 0 Å². The van der Waals surface area contributed by atoms with Crippen molar-refractivity contribution in [1.82, 2.24) is 24.9 Å². The van der Waals surface area contributed by atoms with Crippen LogP contribution in [0.25, 0.3) is 89.9 Å². The summed E-state index contributed by atoms with van der Waals surface area (Å²) in [4.78, 5) is 24.4. The highest BCUT2D eigenvalue weighted by atomic mass is 16.3. The van der Waals surface area contributed by atoms with Crippen molar-refractivity contribution in [1.29, 1.82) is 0 Å². The summed E-state index contributed by atoms with van der Waals surface area (Å²) in [6, 6.07) is 52.9. The molecule has 0 aliphatic rings. The van der Waals surface area contributed by atoms with Crippen molar-refractivity contribution in [3.8, 4) is 67.9 Å². The molecule has 0 fully saturated rings. The Hall–Kier alpha value is -6.79. The van der Waals surface area contributed by atoms with Crippen LogP contribution in [0.4, 0.5) is 0 Å². The van der Waals surface area contributed by atoms with E-state index in [0.29, 0.717) is 28.9 Å². The lowest BCUT2D eigenvalue weighted by atomic mass is 9.95. The number of aromatic nitrogens is 5. The van der Waals surface area contributed by atoms with E-state index in [2.05, 4.69) is 60.7 Å². The van der Waals surface area contributed by atoms with Gasteiger partial charge in [0.05, 0.1) is 5.52 Å². The summed E-state index contributed by atoms with van der Waals surface area (Å²) in [5, 5.41) is 1.07. The highest BCUT2D eigenvalue weighted by Gasteiger charge is 2.18. The molecule has 230 valence electrons. The normalized spacial score (nSPS) is 11.3. The Morgan fingerprint density at radius 1 is 0.367 bits per heavy atom. The summed E-state index contributed by atoms with van der Waals surface area (Å²) in [5.74, 6) is 2.45. The number of benzene rings is 6. The lowest BCUT2D eigenvalue weighted by molar-refractivity contribution is 0.620. The number of oxazole rings is 1. The molecule has 3 heterocycles. The van der Waals surface area contributed by atoms with E-state index in [4.69, 9.17) is 29.3 Å². The van der Waals surface area contributed by atoms with Crippen molar-refractivity contribution < 1.29 is 4.42 Å². The fourth-order valence-electron chi connectivity index (χ4n) is 6.18. The molecule has 0 atom stereocenters. The number of hydrogen-bond donors (Lipinski definition) is 0. The lowest BCUT2D eigenvalue weighted by Crippen LogP contribution is -2.00. The molecule has 6 nitrogen and oxygen atoms in total. The summed E-state index contributed by atoms with van der Waals surface area (Å²) < 4.78 is 6.44. The molecule has 0 amide bonds. The standard InChI is InChI=1S/C43H27N5O/c1-4-12-30(13-5-1)40-46-41(31-14-6-2-7-15-31)48-42(47-40)32-23-21-28(22-24-32)34-26-36(35-20-10-18-29-19-11-25-44-38(29)35)39-37(27-34)49-43(45-39)33-16-8-3-9-17-33/h1-27H. The van der Waals surface area contributed by atoms with Crippen LogP contribution in [-0.2, 0) is 0 Å². The fourth-order valence-corrected chi connectivity index (χ4v) is 6.18. The van der Waals surface area contributed by atoms with Crippen molar-refractivity contribution in [2.45, 2.75) is 0 Å². The van der Waals surface area contributed by atoms with Gasteiger partial charge in [0.2, 0.25) is 5.89 Å². The minimum atomic E-state index is 0.579. The third-order valence-corrected chi connectivity index (χ3v) is 8.61. The predicted molar refractivity (Wildman–Crippen MR) is 195 cm³/mol. The predicted octanol–water partition coefficient (Wildman–Crippen LogP) is 10.6. The molecule has 49 heavy (non-hydrogen) atoms. The molecule has 3 aromatic heterocycles. The van der Waals surface area contributed by atoms with Crippen LogP contribution < -0.4 is 0 Å². The lowest BCUT2D eigenvalue weighted by Gasteiger charge is -2.11. The summed E-state index contributed by atoms with van der Waals surface area (Å²) in [7, 11) is 0. The van der Waals surface area contributed by atoms with Crippen LogP contribution in [0.15, 0.2) is 168 Å². The van der Waals surface area contributed by atoms with E-state index in [1.807, 2.05) is 103 Å². The summed E-state index contributed by atoms with van der Waals surface area (Å²) in [6.45, 7) is 0. The maximum Gasteiger partial charge on any atom is 0.227 e. The number of hydrogen-bond acceptors (Lipinski definition) is 6. The van der Waals surface area contributed by atoms with Gasteiger partial charge in [-0.15, -0.1) is 0 Å². The molecule has 0 unspecified atom stereocenters. The van der Waals surface area contributed by atoms with E-state index in [0.717, 1.165) is 60.9 Å². The smallest absolute Gasteiger partial charge is 0.227 e. The number of rotatable bonds is 6. The molecule has 6 heteroatoms. The van der Waals surface area contributed by atoms with Gasteiger partial charge in [-0.2, -0.15) is 0 Å². The molecule has 0 aliphatic carbocycles. The topological polar surface area (TPSA) is 77.6 Å². The van der Waals surface area contributed by atoms with E-state index in [9.17, 15) is 0 Å². The van der Waals surface area contributed by atoms with Crippen LogP contribution in [0.5, 0.6) is 0 Å². The summed E-state index contributed by atoms with van der Waals surface area (Å²) >= 11 is 0. The molecule has 9 rings (SSSR count). The van der Waals surface area contributed by atoms with Gasteiger partial charge in [0, 0.05) is 45.0 Å². The van der Waals surface area contributed by atoms with Gasteiger partial charge in [0.15, 0.2) is 23.1 Å². The van der Waals surface area contributed by atoms with Crippen molar-refractivity contribution in [2.24, 2.45) is 0 Å². The summed E-state index contributed by atoms with van der Waals surface area (Å²) in [6.07, 6.45) is 1.83. The van der Waals surface area contributed by atoms with Crippen LogP contribution in [0, 0.1) is 0 Å². The number of nitrogens with zero attached hydrogens (tertiary/aromatic N) is 5. The maximum absolute atomic E-state index is 6.44. The molecular formula is C43H27N5O. The molecule has 0 N–H and O–H groups in total. The Balaban J connectivity index is 1.17. The second-order valence-corrected chi connectivity index (χ2v) is 11.8. The monoisotopic (exact) mass is 629 g/mol. The minimum Gasteiger partial charge on any atom is -0.436 e.